The lowest BCUT2D eigenvalue weighted by atomic mass is 9.86. The second-order valence-corrected chi connectivity index (χ2v) is 8.87. The van der Waals surface area contributed by atoms with E-state index in [4.69, 9.17) is 0 Å². The van der Waals surface area contributed by atoms with Gasteiger partial charge in [-0.3, -0.25) is 9.55 Å². The molecular formula is C26H24N6O. The summed E-state index contributed by atoms with van der Waals surface area (Å²) >= 11 is 0. The molecule has 0 atom stereocenters. The van der Waals surface area contributed by atoms with Crippen molar-refractivity contribution in [2.45, 2.75) is 25.7 Å². The van der Waals surface area contributed by atoms with Crippen LogP contribution < -0.4 is 11.0 Å². The minimum absolute atomic E-state index is 0.158. The first-order valence-electron chi connectivity index (χ1n) is 10.9. The molecular weight excluding hydrogens is 412 g/mol. The zero-order valence-corrected chi connectivity index (χ0v) is 18.8. The van der Waals surface area contributed by atoms with Crippen LogP contribution in [-0.2, 0) is 18.9 Å². The SMILES string of the molecule is Cn1cc(-c2cc(-c3cnc4c(c3)CCN4)ccn2)n(-c2ccc(C(C)(C)C#N)cc2)c1=O. The maximum absolute atomic E-state index is 13.0. The highest BCUT2D eigenvalue weighted by Crippen LogP contribution is 2.29. The van der Waals surface area contributed by atoms with Crippen LogP contribution >= 0.6 is 0 Å². The molecule has 0 spiro atoms. The van der Waals surface area contributed by atoms with Crippen molar-refractivity contribution in [3.8, 4) is 34.3 Å². The average molecular weight is 437 g/mol. The number of imidazole rings is 1. The summed E-state index contributed by atoms with van der Waals surface area (Å²) in [6, 6.07) is 16.0. The maximum atomic E-state index is 13.0. The number of aryl methyl sites for hydroxylation is 1. The van der Waals surface area contributed by atoms with Gasteiger partial charge in [-0.1, -0.05) is 12.1 Å². The van der Waals surface area contributed by atoms with Gasteiger partial charge in [-0.05, 0) is 67.3 Å². The first-order valence-corrected chi connectivity index (χ1v) is 10.9. The summed E-state index contributed by atoms with van der Waals surface area (Å²) in [6.45, 7) is 4.66. The van der Waals surface area contributed by atoms with Crippen molar-refractivity contribution in [2.75, 3.05) is 11.9 Å². The number of nitriles is 1. The Bertz CT molecular complexity index is 1450. The standard InChI is InChI=1S/C26H24N6O/c1-26(2,16-27)20-4-6-21(7-5-20)32-23(15-31(3)25(32)33)22-13-17(8-10-28-22)19-12-18-9-11-29-24(18)30-14-19/h4-8,10,12-15H,9,11H2,1-3H3,(H,29,30). The van der Waals surface area contributed by atoms with E-state index in [1.165, 1.54) is 5.56 Å². The molecule has 0 saturated carbocycles. The fourth-order valence-corrected chi connectivity index (χ4v) is 4.16. The van der Waals surface area contributed by atoms with Gasteiger partial charge in [-0.25, -0.2) is 9.78 Å². The van der Waals surface area contributed by atoms with E-state index in [-0.39, 0.29) is 5.69 Å². The fourth-order valence-electron chi connectivity index (χ4n) is 4.16. The van der Waals surface area contributed by atoms with Crippen LogP contribution in [0.3, 0.4) is 0 Å². The van der Waals surface area contributed by atoms with Crippen LogP contribution in [0.4, 0.5) is 5.82 Å². The molecule has 1 aliphatic heterocycles. The molecule has 0 fully saturated rings. The Morgan fingerprint density at radius 2 is 1.88 bits per heavy atom. The minimum Gasteiger partial charge on any atom is -0.370 e. The van der Waals surface area contributed by atoms with Crippen molar-refractivity contribution in [3.63, 3.8) is 0 Å². The van der Waals surface area contributed by atoms with Crippen molar-refractivity contribution in [1.82, 2.24) is 19.1 Å². The Kier molecular flexibility index (Phi) is 4.86. The van der Waals surface area contributed by atoms with E-state index in [0.717, 1.165) is 41.2 Å². The molecule has 0 unspecified atom stereocenters. The number of nitrogens with zero attached hydrogens (tertiary/aromatic N) is 5. The molecule has 7 heteroatoms. The first-order chi connectivity index (χ1) is 15.9. The number of rotatable bonds is 4. The van der Waals surface area contributed by atoms with Gasteiger partial charge in [0.15, 0.2) is 0 Å². The van der Waals surface area contributed by atoms with Gasteiger partial charge in [0.05, 0.1) is 28.6 Å². The molecule has 3 aromatic heterocycles. The predicted octanol–water partition coefficient (Wildman–Crippen LogP) is 4.07. The Labute approximate surface area is 192 Å². The van der Waals surface area contributed by atoms with Gasteiger partial charge in [0, 0.05) is 37.7 Å². The van der Waals surface area contributed by atoms with Gasteiger partial charge in [0.25, 0.3) is 0 Å². The van der Waals surface area contributed by atoms with Crippen LogP contribution in [0, 0.1) is 11.3 Å². The summed E-state index contributed by atoms with van der Waals surface area (Å²) < 4.78 is 3.21. The van der Waals surface area contributed by atoms with E-state index >= 15 is 0 Å². The third-order valence-electron chi connectivity index (χ3n) is 6.19. The molecule has 0 radical (unpaired) electrons. The molecule has 5 rings (SSSR count). The quantitative estimate of drug-likeness (QED) is 0.521. The van der Waals surface area contributed by atoms with Crippen LogP contribution in [0.5, 0.6) is 0 Å². The van der Waals surface area contributed by atoms with E-state index in [0.29, 0.717) is 11.4 Å². The van der Waals surface area contributed by atoms with Crippen molar-refractivity contribution < 1.29 is 0 Å². The van der Waals surface area contributed by atoms with Crippen molar-refractivity contribution in [2.24, 2.45) is 7.05 Å². The second-order valence-electron chi connectivity index (χ2n) is 8.87. The molecule has 1 aromatic carbocycles. The third-order valence-corrected chi connectivity index (χ3v) is 6.19. The van der Waals surface area contributed by atoms with Gasteiger partial charge in [0.1, 0.15) is 5.82 Å². The first kappa shape index (κ1) is 20.7. The van der Waals surface area contributed by atoms with E-state index in [1.54, 1.807) is 28.6 Å². The average Bonchev–Trinajstić information content (AvgIpc) is 3.43. The molecule has 33 heavy (non-hydrogen) atoms. The predicted molar refractivity (Wildman–Crippen MR) is 128 cm³/mol. The number of fused-ring (bicyclic) bond motifs is 1. The van der Waals surface area contributed by atoms with E-state index in [1.807, 2.05) is 56.4 Å². The highest BCUT2D eigenvalue weighted by Gasteiger charge is 2.21. The monoisotopic (exact) mass is 436 g/mol. The highest BCUT2D eigenvalue weighted by atomic mass is 16.1. The zero-order chi connectivity index (χ0) is 23.2. The maximum Gasteiger partial charge on any atom is 0.333 e. The summed E-state index contributed by atoms with van der Waals surface area (Å²) in [5.74, 6) is 0.952. The Morgan fingerprint density at radius 1 is 1.09 bits per heavy atom. The van der Waals surface area contributed by atoms with Crippen LogP contribution in [0.2, 0.25) is 0 Å². The Morgan fingerprint density at radius 3 is 2.64 bits per heavy atom. The summed E-state index contributed by atoms with van der Waals surface area (Å²) in [5, 5.41) is 12.7. The summed E-state index contributed by atoms with van der Waals surface area (Å²) in [5.41, 5.74) is 5.50. The topological polar surface area (TPSA) is 88.5 Å². The molecule has 4 heterocycles. The lowest BCUT2D eigenvalue weighted by Gasteiger charge is -2.16. The fraction of sp³-hybridized carbons (Fsp3) is 0.231. The normalized spacial score (nSPS) is 12.8. The van der Waals surface area contributed by atoms with E-state index < -0.39 is 5.41 Å². The van der Waals surface area contributed by atoms with Crippen LogP contribution in [0.25, 0.3) is 28.2 Å². The number of hydrogen-bond donors (Lipinski definition) is 1. The van der Waals surface area contributed by atoms with Gasteiger partial charge >= 0.3 is 5.69 Å². The van der Waals surface area contributed by atoms with Crippen molar-refractivity contribution >= 4 is 5.82 Å². The number of pyridine rings is 2. The molecule has 7 nitrogen and oxygen atoms in total. The number of hydrogen-bond acceptors (Lipinski definition) is 5. The highest BCUT2D eigenvalue weighted by molar-refractivity contribution is 5.71. The van der Waals surface area contributed by atoms with Crippen LogP contribution in [0.1, 0.15) is 25.0 Å². The number of aromatic nitrogens is 4. The number of nitrogens with one attached hydrogen (secondary N) is 1. The molecule has 1 aliphatic rings. The molecule has 0 bridgehead atoms. The molecule has 0 aliphatic carbocycles. The number of anilines is 1. The molecule has 0 saturated heterocycles. The van der Waals surface area contributed by atoms with Gasteiger partial charge < -0.3 is 9.88 Å². The molecule has 1 N–H and O–H groups in total. The molecule has 4 aromatic rings. The van der Waals surface area contributed by atoms with Crippen molar-refractivity contribution in [3.05, 3.63) is 82.7 Å². The van der Waals surface area contributed by atoms with E-state index in [9.17, 15) is 10.1 Å². The number of benzene rings is 1. The van der Waals surface area contributed by atoms with Crippen LogP contribution in [-0.4, -0.2) is 25.6 Å². The van der Waals surface area contributed by atoms with E-state index in [2.05, 4.69) is 27.4 Å². The zero-order valence-electron chi connectivity index (χ0n) is 18.8. The van der Waals surface area contributed by atoms with Gasteiger partial charge in [-0.2, -0.15) is 5.26 Å². The van der Waals surface area contributed by atoms with Gasteiger partial charge in [0.2, 0.25) is 0 Å². The second kappa shape index (κ2) is 7.75. The third kappa shape index (κ3) is 3.60. The smallest absolute Gasteiger partial charge is 0.333 e. The summed E-state index contributed by atoms with van der Waals surface area (Å²) in [4.78, 5) is 22.1. The molecule has 164 valence electrons. The van der Waals surface area contributed by atoms with Crippen LogP contribution in [0.15, 0.2) is 65.8 Å². The Balaban J connectivity index is 1.58. The van der Waals surface area contributed by atoms with Crippen molar-refractivity contribution in [1.29, 1.82) is 5.26 Å². The largest absolute Gasteiger partial charge is 0.370 e. The Hall–Kier alpha value is -4.18. The molecule has 0 amide bonds. The summed E-state index contributed by atoms with van der Waals surface area (Å²) in [7, 11) is 1.73. The minimum atomic E-state index is -0.599. The lowest BCUT2D eigenvalue weighted by molar-refractivity contribution is 0.686. The van der Waals surface area contributed by atoms with Gasteiger partial charge in [-0.15, -0.1) is 0 Å². The summed E-state index contributed by atoms with van der Waals surface area (Å²) in [6.07, 6.45) is 6.39. The lowest BCUT2D eigenvalue weighted by Crippen LogP contribution is -2.21.